The van der Waals surface area contributed by atoms with Crippen LogP contribution in [0, 0.1) is 0 Å². The number of hydrogen-bond donors (Lipinski definition) is 0. The average Bonchev–Trinajstić information content (AvgIpc) is 2.18. The first-order chi connectivity index (χ1) is 6.98. The lowest BCUT2D eigenvalue weighted by atomic mass is 9.83. The third-order valence-corrected chi connectivity index (χ3v) is 2.63. The number of rotatable bonds is 3. The summed E-state index contributed by atoms with van der Waals surface area (Å²) in [7, 11) is 0. The van der Waals surface area contributed by atoms with Gasteiger partial charge in [-0.2, -0.15) is 0 Å². The Balaban J connectivity index is 3.10. The third kappa shape index (κ3) is 2.66. The summed E-state index contributed by atoms with van der Waals surface area (Å²) in [5.74, 6) is -0.458. The molecule has 1 nitrogen and oxygen atoms in total. The fourth-order valence-corrected chi connectivity index (χ4v) is 1.40. The summed E-state index contributed by atoms with van der Waals surface area (Å²) in [6.07, 6.45) is 1.39. The van der Waals surface area contributed by atoms with Gasteiger partial charge in [0.25, 0.3) is 0 Å². The molecule has 0 heterocycles. The molecule has 0 spiro atoms. The number of benzene rings is 1. The lowest BCUT2D eigenvalue weighted by Crippen LogP contribution is -2.18. The maximum Gasteiger partial charge on any atom is 0.145 e. The summed E-state index contributed by atoms with van der Waals surface area (Å²) in [4.78, 5) is 10.2. The van der Waals surface area contributed by atoms with Crippen molar-refractivity contribution in [1.82, 2.24) is 0 Å². The largest absolute Gasteiger partial charge is 0.298 e. The predicted octanol–water partition coefficient (Wildman–Crippen LogP) is 3.67. The van der Waals surface area contributed by atoms with Gasteiger partial charge in [-0.3, -0.25) is 4.79 Å². The molecule has 0 amide bonds. The molecular weight excluding hydrogens is 215 g/mol. The Morgan fingerprint density at radius 1 is 1.33 bits per heavy atom. The molecule has 0 aliphatic carbocycles. The highest BCUT2D eigenvalue weighted by Crippen LogP contribution is 2.32. The molecule has 0 aliphatic rings. The molecule has 15 heavy (non-hydrogen) atoms. The molecule has 1 aromatic carbocycles. The second-order valence-corrected chi connectivity index (χ2v) is 4.22. The average molecular weight is 227 g/mol. The van der Waals surface area contributed by atoms with Crippen molar-refractivity contribution in [2.45, 2.75) is 19.3 Å². The second-order valence-electron chi connectivity index (χ2n) is 3.78. The van der Waals surface area contributed by atoms with Crippen molar-refractivity contribution in [3.8, 4) is 0 Å². The van der Waals surface area contributed by atoms with Crippen LogP contribution in [0.5, 0.6) is 0 Å². The number of halogens is 2. The predicted molar refractivity (Wildman–Crippen MR) is 59.7 cm³/mol. The highest BCUT2D eigenvalue weighted by atomic mass is 35.5. The molecule has 0 N–H and O–H groups in total. The zero-order valence-corrected chi connectivity index (χ0v) is 9.38. The van der Waals surface area contributed by atoms with Crippen molar-refractivity contribution < 1.29 is 9.18 Å². The molecule has 0 saturated carbocycles. The Morgan fingerprint density at radius 2 is 1.87 bits per heavy atom. The zero-order valence-electron chi connectivity index (χ0n) is 8.63. The van der Waals surface area contributed by atoms with E-state index < -0.39 is 11.2 Å². The van der Waals surface area contributed by atoms with Crippen molar-refractivity contribution >= 4 is 17.9 Å². The molecular formula is C12H12ClFO. The summed E-state index contributed by atoms with van der Waals surface area (Å²) in [6.45, 7) is 3.43. The van der Waals surface area contributed by atoms with Crippen LogP contribution in [0.2, 0.25) is 5.02 Å². The highest BCUT2D eigenvalue weighted by Gasteiger charge is 2.25. The van der Waals surface area contributed by atoms with E-state index in [0.29, 0.717) is 11.3 Å². The van der Waals surface area contributed by atoms with E-state index in [4.69, 9.17) is 11.6 Å². The first-order valence-electron chi connectivity index (χ1n) is 4.56. The van der Waals surface area contributed by atoms with Crippen LogP contribution in [0.25, 0.3) is 0 Å². The van der Waals surface area contributed by atoms with E-state index in [0.717, 1.165) is 11.6 Å². The Kier molecular flexibility index (Phi) is 3.64. The molecule has 80 valence electrons. The number of hydrogen-bond acceptors (Lipinski definition) is 1. The number of allylic oxidation sites excluding steroid dienone is 2. The van der Waals surface area contributed by atoms with Gasteiger partial charge in [-0.05, 0) is 31.5 Å². The molecule has 0 fully saturated rings. The molecule has 3 heteroatoms. The molecule has 0 unspecified atom stereocenters. The van der Waals surface area contributed by atoms with Gasteiger partial charge in [-0.25, -0.2) is 4.39 Å². The molecule has 1 rings (SSSR count). The SMILES string of the molecule is CC(C)(/C(F)=C/C=O)c1ccc(Cl)cc1. The lowest BCUT2D eigenvalue weighted by molar-refractivity contribution is -0.104. The topological polar surface area (TPSA) is 17.1 Å². The van der Waals surface area contributed by atoms with Gasteiger partial charge in [0.05, 0.1) is 0 Å². The molecule has 0 atom stereocenters. The Morgan fingerprint density at radius 3 is 2.33 bits per heavy atom. The quantitative estimate of drug-likeness (QED) is 0.568. The summed E-state index contributed by atoms with van der Waals surface area (Å²) in [5, 5.41) is 0.606. The standard InChI is InChI=1S/C12H12ClFO/c1-12(2,11(14)7-8-15)9-3-5-10(13)6-4-9/h3-8H,1-2H3/b11-7-. The Hall–Kier alpha value is -1.15. The summed E-state index contributed by atoms with van der Waals surface area (Å²) in [6, 6.07) is 6.90. The van der Waals surface area contributed by atoms with Gasteiger partial charge >= 0.3 is 0 Å². The summed E-state index contributed by atoms with van der Waals surface area (Å²) >= 11 is 5.74. The van der Waals surface area contributed by atoms with E-state index >= 15 is 0 Å². The second kappa shape index (κ2) is 4.58. The van der Waals surface area contributed by atoms with Crippen LogP contribution in [0.4, 0.5) is 4.39 Å². The van der Waals surface area contributed by atoms with Crippen LogP contribution >= 0.6 is 11.6 Å². The van der Waals surface area contributed by atoms with Crippen LogP contribution < -0.4 is 0 Å². The van der Waals surface area contributed by atoms with E-state index in [2.05, 4.69) is 0 Å². The minimum absolute atomic E-state index is 0.451. The number of carbonyl (C=O) groups is 1. The van der Waals surface area contributed by atoms with Crippen molar-refractivity contribution in [2.75, 3.05) is 0 Å². The fourth-order valence-electron chi connectivity index (χ4n) is 1.27. The van der Waals surface area contributed by atoms with Gasteiger partial charge in [0.2, 0.25) is 0 Å². The maximum absolute atomic E-state index is 13.6. The minimum Gasteiger partial charge on any atom is -0.298 e. The van der Waals surface area contributed by atoms with E-state index in [1.807, 2.05) is 0 Å². The van der Waals surface area contributed by atoms with Crippen molar-refractivity contribution in [1.29, 1.82) is 0 Å². The van der Waals surface area contributed by atoms with Gasteiger partial charge in [-0.15, -0.1) is 0 Å². The lowest BCUT2D eigenvalue weighted by Gasteiger charge is -2.23. The van der Waals surface area contributed by atoms with E-state index in [9.17, 15) is 9.18 Å². The van der Waals surface area contributed by atoms with Gasteiger partial charge in [0.1, 0.15) is 12.1 Å². The smallest absolute Gasteiger partial charge is 0.145 e. The van der Waals surface area contributed by atoms with E-state index in [1.54, 1.807) is 38.1 Å². The van der Waals surface area contributed by atoms with Crippen LogP contribution in [0.15, 0.2) is 36.2 Å². The monoisotopic (exact) mass is 226 g/mol. The molecule has 1 aromatic rings. The number of aldehydes is 1. The minimum atomic E-state index is -0.800. The zero-order chi connectivity index (χ0) is 11.5. The molecule has 0 aliphatic heterocycles. The van der Waals surface area contributed by atoms with Crippen LogP contribution in [0.3, 0.4) is 0 Å². The first kappa shape index (κ1) is 11.9. The van der Waals surface area contributed by atoms with Gasteiger partial charge in [-0.1, -0.05) is 23.7 Å². The molecule has 0 saturated heterocycles. The highest BCUT2D eigenvalue weighted by molar-refractivity contribution is 6.30. The first-order valence-corrected chi connectivity index (χ1v) is 4.94. The van der Waals surface area contributed by atoms with Crippen LogP contribution in [0.1, 0.15) is 19.4 Å². The molecule has 0 radical (unpaired) electrons. The summed E-state index contributed by atoms with van der Waals surface area (Å²) in [5.41, 5.74) is -0.0200. The Labute approximate surface area is 93.6 Å². The van der Waals surface area contributed by atoms with Gasteiger partial charge < -0.3 is 0 Å². The molecule has 0 bridgehead atoms. The van der Waals surface area contributed by atoms with Crippen LogP contribution in [-0.4, -0.2) is 6.29 Å². The van der Waals surface area contributed by atoms with Crippen LogP contribution in [-0.2, 0) is 10.2 Å². The van der Waals surface area contributed by atoms with E-state index in [-0.39, 0.29) is 0 Å². The number of carbonyl (C=O) groups excluding carboxylic acids is 1. The molecule has 0 aromatic heterocycles. The Bertz CT molecular complexity index is 379. The van der Waals surface area contributed by atoms with Crippen molar-refractivity contribution in [3.63, 3.8) is 0 Å². The normalized spacial score (nSPS) is 12.7. The van der Waals surface area contributed by atoms with Crippen molar-refractivity contribution in [3.05, 3.63) is 46.8 Å². The summed E-state index contributed by atoms with van der Waals surface area (Å²) < 4.78 is 13.6. The van der Waals surface area contributed by atoms with Gasteiger partial charge in [0.15, 0.2) is 0 Å². The third-order valence-electron chi connectivity index (χ3n) is 2.38. The van der Waals surface area contributed by atoms with Crippen molar-refractivity contribution in [2.24, 2.45) is 0 Å². The van der Waals surface area contributed by atoms with Gasteiger partial charge in [0, 0.05) is 16.5 Å². The van der Waals surface area contributed by atoms with E-state index in [1.165, 1.54) is 0 Å². The fraction of sp³-hybridized carbons (Fsp3) is 0.250. The maximum atomic E-state index is 13.6.